The summed E-state index contributed by atoms with van der Waals surface area (Å²) in [6, 6.07) is 9.91. The van der Waals surface area contributed by atoms with Gasteiger partial charge in [0.1, 0.15) is 0 Å². The quantitative estimate of drug-likeness (QED) is 0.499. The van der Waals surface area contributed by atoms with Crippen LogP contribution < -0.4 is 0 Å². The van der Waals surface area contributed by atoms with Crippen molar-refractivity contribution in [2.45, 2.75) is 50.0 Å². The molecule has 37 heavy (non-hydrogen) atoms. The van der Waals surface area contributed by atoms with E-state index in [0.29, 0.717) is 50.4 Å². The molecule has 200 valence electrons. The lowest BCUT2D eigenvalue weighted by Gasteiger charge is -2.57. The third-order valence-corrected chi connectivity index (χ3v) is 8.57. The van der Waals surface area contributed by atoms with Crippen molar-refractivity contribution in [2.24, 2.45) is 5.92 Å². The van der Waals surface area contributed by atoms with Crippen LogP contribution in [-0.2, 0) is 35.8 Å². The van der Waals surface area contributed by atoms with Crippen LogP contribution >= 0.6 is 11.8 Å². The number of ether oxygens (including phenoxy) is 1. The van der Waals surface area contributed by atoms with Crippen molar-refractivity contribution in [2.75, 3.05) is 38.8 Å². The Morgan fingerprint density at radius 2 is 2.05 bits per heavy atom. The molecule has 1 N–H and O–H groups in total. The number of imidazole rings is 1. The average molecular weight is 529 g/mol. The first-order valence-electron chi connectivity index (χ1n) is 12.8. The van der Waals surface area contributed by atoms with Gasteiger partial charge in [-0.3, -0.25) is 14.4 Å². The number of likely N-dealkylation sites (tertiary alicyclic amines) is 1. The number of rotatable bonds is 9. The molecule has 0 aliphatic carbocycles. The van der Waals surface area contributed by atoms with E-state index in [1.807, 2.05) is 41.5 Å². The molecule has 2 fully saturated rings. The number of hydroxylamine groups is 2. The van der Waals surface area contributed by atoms with E-state index in [2.05, 4.69) is 9.97 Å². The van der Waals surface area contributed by atoms with Crippen LogP contribution in [0.4, 0.5) is 0 Å². The lowest BCUT2D eigenvalue weighted by Crippen LogP contribution is -2.73. The predicted molar refractivity (Wildman–Crippen MR) is 141 cm³/mol. The summed E-state index contributed by atoms with van der Waals surface area (Å²) < 4.78 is 5.48. The van der Waals surface area contributed by atoms with Crippen LogP contribution in [0.25, 0.3) is 0 Å². The average Bonchev–Trinajstić information content (AvgIpc) is 3.64. The van der Waals surface area contributed by atoms with Crippen LogP contribution in [0, 0.1) is 5.92 Å². The van der Waals surface area contributed by atoms with Gasteiger partial charge in [0, 0.05) is 36.9 Å². The second-order valence-electron chi connectivity index (χ2n) is 9.66. The summed E-state index contributed by atoms with van der Waals surface area (Å²) in [5.74, 6) is -0.300. The number of thioether (sulfide) groups is 1. The lowest BCUT2D eigenvalue weighted by atomic mass is 9.56. The van der Waals surface area contributed by atoms with Gasteiger partial charge in [-0.15, -0.1) is 0 Å². The zero-order chi connectivity index (χ0) is 26.5. The highest BCUT2D eigenvalue weighted by Crippen LogP contribution is 2.54. The van der Waals surface area contributed by atoms with E-state index in [9.17, 15) is 14.4 Å². The maximum atomic E-state index is 14.0. The molecule has 9 nitrogen and oxygen atoms in total. The Hall–Kier alpha value is -2.85. The molecular formula is C27H36N4O5S. The number of aromatic amines is 1. The third-order valence-electron chi connectivity index (χ3n) is 7.83. The van der Waals surface area contributed by atoms with Crippen molar-refractivity contribution in [3.05, 3.63) is 54.1 Å². The Balaban J connectivity index is 1.85. The number of benzene rings is 1. The van der Waals surface area contributed by atoms with Gasteiger partial charge in [-0.25, -0.2) is 14.8 Å². The summed E-state index contributed by atoms with van der Waals surface area (Å²) in [5.41, 5.74) is -0.587. The van der Waals surface area contributed by atoms with Crippen molar-refractivity contribution in [3.63, 3.8) is 0 Å². The van der Waals surface area contributed by atoms with E-state index >= 15 is 0 Å². The number of hydrogen-bond acceptors (Lipinski definition) is 7. The monoisotopic (exact) mass is 528 g/mol. The van der Waals surface area contributed by atoms with Crippen molar-refractivity contribution in [1.29, 1.82) is 0 Å². The smallest absolute Gasteiger partial charge is 0.335 e. The Labute approximate surface area is 222 Å². The van der Waals surface area contributed by atoms with Crippen LogP contribution in [0.1, 0.15) is 43.9 Å². The molecule has 2 saturated heterocycles. The van der Waals surface area contributed by atoms with Gasteiger partial charge in [-0.2, -0.15) is 11.8 Å². The number of nitrogens with zero attached hydrogens (tertiary/aromatic N) is 3. The Morgan fingerprint density at radius 1 is 1.27 bits per heavy atom. The van der Waals surface area contributed by atoms with Gasteiger partial charge in [0.25, 0.3) is 0 Å². The highest BCUT2D eigenvalue weighted by atomic mass is 32.2. The molecular weight excluding hydrogens is 492 g/mol. The highest BCUT2D eigenvalue weighted by Gasteiger charge is 2.67. The molecule has 2 aliphatic rings. The lowest BCUT2D eigenvalue weighted by molar-refractivity contribution is -0.262. The summed E-state index contributed by atoms with van der Waals surface area (Å²) in [7, 11) is 1.37. The van der Waals surface area contributed by atoms with E-state index in [1.54, 1.807) is 31.2 Å². The summed E-state index contributed by atoms with van der Waals surface area (Å²) in [6.45, 7) is 3.15. The minimum absolute atomic E-state index is 0.00536. The summed E-state index contributed by atoms with van der Waals surface area (Å²) in [6.07, 6.45) is 7.43. The maximum Gasteiger partial charge on any atom is 0.335 e. The molecule has 0 bridgehead atoms. The van der Waals surface area contributed by atoms with Crippen LogP contribution in [0.3, 0.4) is 0 Å². The van der Waals surface area contributed by atoms with Crippen LogP contribution in [-0.4, -0.2) is 82.1 Å². The number of H-pyrrole nitrogens is 1. The van der Waals surface area contributed by atoms with Crippen molar-refractivity contribution >= 4 is 29.5 Å². The van der Waals surface area contributed by atoms with E-state index in [-0.39, 0.29) is 30.6 Å². The number of carbonyl (C=O) groups excluding carboxylic acids is 3. The normalized spacial score (nSPS) is 23.5. The fourth-order valence-electron chi connectivity index (χ4n) is 6.20. The number of aromatic nitrogens is 2. The second-order valence-corrected chi connectivity index (χ2v) is 10.5. The number of methoxy groups -OCH3 is 1. The number of esters is 1. The molecule has 0 radical (unpaired) electrons. The van der Waals surface area contributed by atoms with Gasteiger partial charge in [-0.1, -0.05) is 37.3 Å². The van der Waals surface area contributed by atoms with Crippen molar-refractivity contribution in [1.82, 2.24) is 19.9 Å². The first-order valence-corrected chi connectivity index (χ1v) is 14.2. The highest BCUT2D eigenvalue weighted by molar-refractivity contribution is 7.98. The van der Waals surface area contributed by atoms with Gasteiger partial charge in [0.05, 0.1) is 32.2 Å². The van der Waals surface area contributed by atoms with Crippen LogP contribution in [0.2, 0.25) is 0 Å². The molecule has 3 atom stereocenters. The van der Waals surface area contributed by atoms with Gasteiger partial charge < -0.3 is 14.6 Å². The van der Waals surface area contributed by atoms with Crippen LogP contribution in [0.15, 0.2) is 42.9 Å². The number of carbonyl (C=O) groups is 3. The standard InChI is InChI=1S/C27H36N4O5S/c1-4-23(32)31-27(25(34)35-2,12-8-14-36-31)26(18-37-3,20-9-6-5-7-10-20)21-11-13-30(17-21)24(33)15-22-16-28-19-29-22/h5-7,9-10,16,19,21H,4,8,11-15,17-18H2,1-3H3,(H,28,29)/t21-,26?,27-/m1/s1. The molecule has 1 aromatic heterocycles. The van der Waals surface area contributed by atoms with Gasteiger partial charge in [-0.05, 0) is 37.0 Å². The zero-order valence-corrected chi connectivity index (χ0v) is 22.6. The topological polar surface area (TPSA) is 105 Å². The molecule has 0 spiro atoms. The third kappa shape index (κ3) is 4.77. The molecule has 2 aromatic rings. The SMILES string of the molecule is CCC(=O)N1OCCC[C@@]1(C(=O)OC)C(CSC)(c1ccccc1)[C@@H]1CCN(C(=O)Cc2c[nH]cn2)C1. The van der Waals surface area contributed by atoms with E-state index in [4.69, 9.17) is 9.57 Å². The Kier molecular flexibility index (Phi) is 8.59. The molecule has 2 aliphatic heterocycles. The van der Waals surface area contributed by atoms with Gasteiger partial charge in [0.2, 0.25) is 11.8 Å². The van der Waals surface area contributed by atoms with Crippen LogP contribution in [0.5, 0.6) is 0 Å². The second kappa shape index (κ2) is 11.7. The number of hydrogen-bond donors (Lipinski definition) is 1. The van der Waals surface area contributed by atoms with E-state index in [0.717, 1.165) is 5.56 Å². The molecule has 10 heteroatoms. The Morgan fingerprint density at radius 3 is 2.70 bits per heavy atom. The van der Waals surface area contributed by atoms with E-state index in [1.165, 1.54) is 12.2 Å². The molecule has 2 amide bonds. The zero-order valence-electron chi connectivity index (χ0n) is 21.8. The minimum Gasteiger partial charge on any atom is -0.467 e. The number of amides is 2. The van der Waals surface area contributed by atoms with Crippen molar-refractivity contribution in [3.8, 4) is 0 Å². The summed E-state index contributed by atoms with van der Waals surface area (Å²) in [5, 5.41) is 1.33. The number of nitrogens with one attached hydrogen (secondary N) is 1. The van der Waals surface area contributed by atoms with Crippen molar-refractivity contribution < 1.29 is 24.0 Å². The summed E-state index contributed by atoms with van der Waals surface area (Å²) >= 11 is 1.63. The molecule has 1 unspecified atom stereocenters. The Bertz CT molecular complexity index is 1080. The predicted octanol–water partition coefficient (Wildman–Crippen LogP) is 2.98. The van der Waals surface area contributed by atoms with E-state index < -0.39 is 16.9 Å². The minimum atomic E-state index is -1.37. The largest absolute Gasteiger partial charge is 0.467 e. The first-order chi connectivity index (χ1) is 17.9. The molecule has 4 rings (SSSR count). The first kappa shape index (κ1) is 27.2. The van der Waals surface area contributed by atoms with Gasteiger partial charge in [0.15, 0.2) is 5.54 Å². The fraction of sp³-hybridized carbons (Fsp3) is 0.556. The maximum absolute atomic E-state index is 14.0. The molecule has 1 aromatic carbocycles. The molecule has 0 saturated carbocycles. The van der Waals surface area contributed by atoms with Gasteiger partial charge >= 0.3 is 5.97 Å². The molecule has 3 heterocycles. The fourth-order valence-corrected chi connectivity index (χ4v) is 7.30. The summed E-state index contributed by atoms with van der Waals surface area (Å²) in [4.78, 5) is 55.6.